The van der Waals surface area contributed by atoms with Crippen molar-refractivity contribution in [3.05, 3.63) is 0 Å². The molecule has 2 heteroatoms. The fraction of sp³-hybridized carbons (Fsp3) is 1.00. The van der Waals surface area contributed by atoms with Crippen LogP contribution in [-0.4, -0.2) is 36.1 Å². The van der Waals surface area contributed by atoms with E-state index in [0.717, 1.165) is 12.0 Å². The van der Waals surface area contributed by atoms with Gasteiger partial charge in [-0.1, -0.05) is 26.2 Å². The molecular formula is C15H28N2. The van der Waals surface area contributed by atoms with Crippen LogP contribution in [-0.2, 0) is 0 Å². The zero-order valence-electron chi connectivity index (χ0n) is 11.4. The van der Waals surface area contributed by atoms with Crippen molar-refractivity contribution in [3.8, 4) is 0 Å². The Hall–Kier alpha value is -0.0800. The van der Waals surface area contributed by atoms with Gasteiger partial charge in [0.25, 0.3) is 0 Å². The van der Waals surface area contributed by atoms with Crippen LogP contribution in [0.25, 0.3) is 0 Å². The minimum absolute atomic E-state index is 0.513. The number of rotatable bonds is 4. The highest BCUT2D eigenvalue weighted by Gasteiger charge is 2.41. The van der Waals surface area contributed by atoms with Crippen molar-refractivity contribution in [1.82, 2.24) is 10.2 Å². The Morgan fingerprint density at radius 2 is 2.00 bits per heavy atom. The van der Waals surface area contributed by atoms with Crippen molar-refractivity contribution in [2.75, 3.05) is 19.6 Å². The first-order valence-corrected chi connectivity index (χ1v) is 7.80. The van der Waals surface area contributed by atoms with Crippen LogP contribution in [0.5, 0.6) is 0 Å². The van der Waals surface area contributed by atoms with E-state index in [9.17, 15) is 0 Å². The predicted octanol–water partition coefficient (Wildman–Crippen LogP) is 2.78. The Bertz CT molecular complexity index is 254. The largest absolute Gasteiger partial charge is 0.308 e. The molecule has 0 aromatic carbocycles. The van der Waals surface area contributed by atoms with Crippen LogP contribution >= 0.6 is 0 Å². The van der Waals surface area contributed by atoms with E-state index >= 15 is 0 Å². The predicted molar refractivity (Wildman–Crippen MR) is 72.2 cm³/mol. The Labute approximate surface area is 106 Å². The van der Waals surface area contributed by atoms with Crippen LogP contribution in [0.1, 0.15) is 58.3 Å². The average molecular weight is 236 g/mol. The average Bonchev–Trinajstić information content (AvgIpc) is 3.03. The van der Waals surface area contributed by atoms with Crippen LogP contribution in [0, 0.1) is 5.92 Å². The second-order valence-electron chi connectivity index (χ2n) is 6.68. The maximum Gasteiger partial charge on any atom is 0.0309 e. The van der Waals surface area contributed by atoms with Crippen molar-refractivity contribution in [1.29, 1.82) is 0 Å². The molecule has 0 radical (unpaired) electrons. The van der Waals surface area contributed by atoms with Gasteiger partial charge in [-0.2, -0.15) is 0 Å². The van der Waals surface area contributed by atoms with Crippen molar-refractivity contribution < 1.29 is 0 Å². The van der Waals surface area contributed by atoms with E-state index in [4.69, 9.17) is 0 Å². The fourth-order valence-corrected chi connectivity index (χ4v) is 3.89. The lowest BCUT2D eigenvalue weighted by Crippen LogP contribution is -2.63. The summed E-state index contributed by atoms with van der Waals surface area (Å²) in [4.78, 5) is 2.85. The molecule has 0 aromatic rings. The molecule has 2 nitrogen and oxygen atoms in total. The number of piperazine rings is 1. The molecule has 0 aromatic heterocycles. The van der Waals surface area contributed by atoms with Gasteiger partial charge in [0.1, 0.15) is 0 Å². The minimum Gasteiger partial charge on any atom is -0.308 e. The molecule has 0 bridgehead atoms. The summed E-state index contributed by atoms with van der Waals surface area (Å²) < 4.78 is 0. The van der Waals surface area contributed by atoms with E-state index in [-0.39, 0.29) is 0 Å². The number of nitrogens with one attached hydrogen (secondary N) is 1. The molecule has 1 spiro atoms. The van der Waals surface area contributed by atoms with Gasteiger partial charge in [0.05, 0.1) is 0 Å². The Morgan fingerprint density at radius 1 is 1.24 bits per heavy atom. The van der Waals surface area contributed by atoms with Gasteiger partial charge < -0.3 is 5.32 Å². The second kappa shape index (κ2) is 4.89. The number of hydrogen-bond acceptors (Lipinski definition) is 2. The molecule has 1 unspecified atom stereocenters. The van der Waals surface area contributed by atoms with Crippen LogP contribution in [0.2, 0.25) is 0 Å². The highest BCUT2D eigenvalue weighted by molar-refractivity contribution is 5.01. The molecule has 1 heterocycles. The molecule has 1 N–H and O–H groups in total. The van der Waals surface area contributed by atoms with Crippen molar-refractivity contribution >= 4 is 0 Å². The van der Waals surface area contributed by atoms with E-state index in [0.29, 0.717) is 5.54 Å². The zero-order valence-corrected chi connectivity index (χ0v) is 11.4. The summed E-state index contributed by atoms with van der Waals surface area (Å²) in [7, 11) is 0. The number of nitrogens with zero attached hydrogens (tertiary/aromatic N) is 1. The Kier molecular flexibility index (Phi) is 3.45. The van der Waals surface area contributed by atoms with Crippen LogP contribution in [0.4, 0.5) is 0 Å². The topological polar surface area (TPSA) is 15.3 Å². The lowest BCUT2D eigenvalue weighted by Gasteiger charge is -2.46. The third-order valence-electron chi connectivity index (χ3n) is 5.11. The molecule has 0 amide bonds. The summed E-state index contributed by atoms with van der Waals surface area (Å²) in [6.45, 7) is 6.32. The highest BCUT2D eigenvalue weighted by atomic mass is 15.3. The third kappa shape index (κ3) is 2.68. The van der Waals surface area contributed by atoms with Crippen molar-refractivity contribution in [2.45, 2.75) is 69.9 Å². The van der Waals surface area contributed by atoms with E-state index in [1.807, 2.05) is 0 Å². The normalized spacial score (nSPS) is 33.4. The second-order valence-corrected chi connectivity index (χ2v) is 6.68. The quantitative estimate of drug-likeness (QED) is 0.807. The molecule has 3 rings (SSSR count). The lowest BCUT2D eigenvalue weighted by molar-refractivity contribution is 0.0714. The molecular weight excluding hydrogens is 208 g/mol. The van der Waals surface area contributed by atoms with Crippen LogP contribution < -0.4 is 5.32 Å². The summed E-state index contributed by atoms with van der Waals surface area (Å²) >= 11 is 0. The zero-order chi connectivity index (χ0) is 11.7. The number of hydrogen-bond donors (Lipinski definition) is 1. The van der Waals surface area contributed by atoms with E-state index < -0.39 is 0 Å². The van der Waals surface area contributed by atoms with Gasteiger partial charge in [-0.3, -0.25) is 4.90 Å². The monoisotopic (exact) mass is 236 g/mol. The fourth-order valence-electron chi connectivity index (χ4n) is 3.89. The van der Waals surface area contributed by atoms with Gasteiger partial charge >= 0.3 is 0 Å². The summed E-state index contributed by atoms with van der Waals surface area (Å²) in [6, 6.07) is 0.826. The van der Waals surface area contributed by atoms with Gasteiger partial charge in [-0.15, -0.1) is 0 Å². The molecule has 3 fully saturated rings. The molecule has 98 valence electrons. The molecule has 1 saturated heterocycles. The summed E-state index contributed by atoms with van der Waals surface area (Å²) in [6.07, 6.45) is 11.5. The SMILES string of the molecule is CCCC1CNC2(CCCC2)CN1CC1CC1. The molecule has 1 atom stereocenters. The van der Waals surface area contributed by atoms with Gasteiger partial charge in [0.2, 0.25) is 0 Å². The van der Waals surface area contributed by atoms with Crippen molar-refractivity contribution in [2.24, 2.45) is 5.92 Å². The van der Waals surface area contributed by atoms with Gasteiger partial charge in [-0.25, -0.2) is 0 Å². The smallest absolute Gasteiger partial charge is 0.0309 e. The molecule has 17 heavy (non-hydrogen) atoms. The van der Waals surface area contributed by atoms with Crippen LogP contribution in [0.3, 0.4) is 0 Å². The van der Waals surface area contributed by atoms with Crippen LogP contribution in [0.15, 0.2) is 0 Å². The summed E-state index contributed by atoms with van der Waals surface area (Å²) in [5.74, 6) is 1.05. The first-order chi connectivity index (χ1) is 8.31. The highest BCUT2D eigenvalue weighted by Crippen LogP contribution is 2.36. The molecule has 3 aliphatic rings. The summed E-state index contributed by atoms with van der Waals surface area (Å²) in [5.41, 5.74) is 0.513. The maximum absolute atomic E-state index is 3.91. The summed E-state index contributed by atoms with van der Waals surface area (Å²) in [5, 5.41) is 3.91. The van der Waals surface area contributed by atoms with Gasteiger partial charge in [0.15, 0.2) is 0 Å². The Morgan fingerprint density at radius 3 is 2.65 bits per heavy atom. The first kappa shape index (κ1) is 12.0. The van der Waals surface area contributed by atoms with Gasteiger partial charge in [0, 0.05) is 31.2 Å². The first-order valence-electron chi connectivity index (χ1n) is 7.80. The minimum atomic E-state index is 0.513. The molecule has 2 saturated carbocycles. The standard InChI is InChI=1S/C15H28N2/c1-2-5-14-10-16-15(8-3-4-9-15)12-17(14)11-13-6-7-13/h13-14,16H,2-12H2,1H3. The molecule has 2 aliphatic carbocycles. The van der Waals surface area contributed by atoms with Gasteiger partial charge in [-0.05, 0) is 38.0 Å². The van der Waals surface area contributed by atoms with Crippen molar-refractivity contribution in [3.63, 3.8) is 0 Å². The van der Waals surface area contributed by atoms with E-state index in [1.54, 1.807) is 0 Å². The maximum atomic E-state index is 3.91. The lowest BCUT2D eigenvalue weighted by atomic mass is 9.91. The molecule has 1 aliphatic heterocycles. The van der Waals surface area contributed by atoms with E-state index in [1.165, 1.54) is 71.0 Å². The van der Waals surface area contributed by atoms with E-state index in [2.05, 4.69) is 17.1 Å². The third-order valence-corrected chi connectivity index (χ3v) is 5.11. The Balaban J connectivity index is 1.63.